The van der Waals surface area contributed by atoms with Crippen molar-refractivity contribution in [2.24, 2.45) is 0 Å². The Balaban J connectivity index is 2.68. The molecule has 0 saturated carbocycles. The molecule has 0 fully saturated rings. The molecule has 0 aliphatic carbocycles. The summed E-state index contributed by atoms with van der Waals surface area (Å²) in [7, 11) is 0. The van der Waals surface area contributed by atoms with Crippen LogP contribution in [0, 0.1) is 19.7 Å². The molecule has 2 rings (SSSR count). The Hall–Kier alpha value is -2.17. The minimum Gasteiger partial charge on any atom is -0.384 e. The van der Waals surface area contributed by atoms with Gasteiger partial charge >= 0.3 is 0 Å². The molecule has 0 unspecified atom stereocenters. The van der Waals surface area contributed by atoms with Gasteiger partial charge in [0.25, 0.3) is 0 Å². The van der Waals surface area contributed by atoms with Gasteiger partial charge in [0.1, 0.15) is 11.6 Å². The van der Waals surface area contributed by atoms with Crippen molar-refractivity contribution in [1.82, 2.24) is 9.97 Å². The maximum atomic E-state index is 13.2. The van der Waals surface area contributed by atoms with Gasteiger partial charge in [-0.2, -0.15) is 4.98 Å². The van der Waals surface area contributed by atoms with E-state index in [9.17, 15) is 4.39 Å². The largest absolute Gasteiger partial charge is 0.384 e. The SMILES string of the molecule is Cc1cc(F)cc(C)c1-c1cc(N)nc(N)n1. The van der Waals surface area contributed by atoms with Crippen molar-refractivity contribution in [1.29, 1.82) is 0 Å². The predicted molar refractivity (Wildman–Crippen MR) is 65.7 cm³/mol. The molecule has 4 N–H and O–H groups in total. The average Bonchev–Trinajstić information content (AvgIpc) is 2.13. The summed E-state index contributed by atoms with van der Waals surface area (Å²) in [6, 6.07) is 4.54. The molecule has 17 heavy (non-hydrogen) atoms. The maximum Gasteiger partial charge on any atom is 0.222 e. The van der Waals surface area contributed by atoms with Crippen molar-refractivity contribution < 1.29 is 4.39 Å². The summed E-state index contributed by atoms with van der Waals surface area (Å²) >= 11 is 0. The van der Waals surface area contributed by atoms with Crippen LogP contribution in [0.5, 0.6) is 0 Å². The van der Waals surface area contributed by atoms with Crippen molar-refractivity contribution in [2.45, 2.75) is 13.8 Å². The van der Waals surface area contributed by atoms with Crippen LogP contribution < -0.4 is 11.5 Å². The Morgan fingerprint density at radius 2 is 1.59 bits per heavy atom. The summed E-state index contributed by atoms with van der Waals surface area (Å²) in [5, 5.41) is 0. The van der Waals surface area contributed by atoms with E-state index in [1.807, 2.05) is 13.8 Å². The molecule has 0 saturated heterocycles. The molecule has 88 valence electrons. The van der Waals surface area contributed by atoms with E-state index in [1.54, 1.807) is 6.07 Å². The zero-order chi connectivity index (χ0) is 12.6. The molecule has 0 radical (unpaired) electrons. The lowest BCUT2D eigenvalue weighted by Crippen LogP contribution is -2.02. The third-order valence-corrected chi connectivity index (χ3v) is 2.52. The second-order valence-corrected chi connectivity index (χ2v) is 3.95. The minimum atomic E-state index is -0.265. The third kappa shape index (κ3) is 2.18. The number of nitrogens with two attached hydrogens (primary N) is 2. The molecule has 0 aliphatic rings. The van der Waals surface area contributed by atoms with Gasteiger partial charge in [-0.15, -0.1) is 0 Å². The number of rotatable bonds is 1. The fourth-order valence-corrected chi connectivity index (χ4v) is 1.93. The molecule has 0 aliphatic heterocycles. The first kappa shape index (κ1) is 11.3. The molecular weight excluding hydrogens is 219 g/mol. The van der Waals surface area contributed by atoms with E-state index in [1.165, 1.54) is 12.1 Å². The summed E-state index contributed by atoms with van der Waals surface area (Å²) in [6.45, 7) is 3.64. The molecule has 4 nitrogen and oxygen atoms in total. The van der Waals surface area contributed by atoms with Gasteiger partial charge in [-0.25, -0.2) is 9.37 Å². The Kier molecular flexibility index (Phi) is 2.67. The monoisotopic (exact) mass is 232 g/mol. The fourth-order valence-electron chi connectivity index (χ4n) is 1.93. The zero-order valence-electron chi connectivity index (χ0n) is 9.66. The smallest absolute Gasteiger partial charge is 0.222 e. The highest BCUT2D eigenvalue weighted by atomic mass is 19.1. The Bertz CT molecular complexity index is 537. The van der Waals surface area contributed by atoms with Crippen molar-refractivity contribution in [2.75, 3.05) is 11.5 Å². The summed E-state index contributed by atoms with van der Waals surface area (Å²) in [4.78, 5) is 7.93. The molecule has 2 aromatic rings. The van der Waals surface area contributed by atoms with Crippen LogP contribution in [0.2, 0.25) is 0 Å². The predicted octanol–water partition coefficient (Wildman–Crippen LogP) is 2.06. The van der Waals surface area contributed by atoms with E-state index < -0.39 is 0 Å². The van der Waals surface area contributed by atoms with E-state index in [0.29, 0.717) is 11.5 Å². The first-order chi connectivity index (χ1) is 7.97. The Morgan fingerprint density at radius 3 is 2.12 bits per heavy atom. The van der Waals surface area contributed by atoms with Crippen molar-refractivity contribution in [3.05, 3.63) is 35.1 Å². The number of aromatic nitrogens is 2. The summed E-state index contributed by atoms with van der Waals surface area (Å²) < 4.78 is 13.2. The van der Waals surface area contributed by atoms with Crippen molar-refractivity contribution in [3.63, 3.8) is 0 Å². The van der Waals surface area contributed by atoms with E-state index in [2.05, 4.69) is 9.97 Å². The van der Waals surface area contributed by atoms with Gasteiger partial charge in [-0.05, 0) is 37.1 Å². The maximum absolute atomic E-state index is 13.2. The molecule has 0 spiro atoms. The van der Waals surface area contributed by atoms with Gasteiger partial charge in [0.15, 0.2) is 0 Å². The van der Waals surface area contributed by atoms with Gasteiger partial charge < -0.3 is 11.5 Å². The van der Waals surface area contributed by atoms with Crippen LogP contribution in [0.4, 0.5) is 16.2 Å². The molecule has 1 heterocycles. The second kappa shape index (κ2) is 4.01. The molecule has 0 amide bonds. The molecule has 0 bridgehead atoms. The van der Waals surface area contributed by atoms with Crippen molar-refractivity contribution >= 4 is 11.8 Å². The lowest BCUT2D eigenvalue weighted by atomic mass is 9.99. The topological polar surface area (TPSA) is 77.8 Å². The molecule has 1 aromatic carbocycles. The van der Waals surface area contributed by atoms with Crippen LogP contribution >= 0.6 is 0 Å². The molecule has 1 aromatic heterocycles. The molecular formula is C12H13FN4. The van der Waals surface area contributed by atoms with Gasteiger partial charge in [0.2, 0.25) is 5.95 Å². The number of hydrogen-bond donors (Lipinski definition) is 2. The Morgan fingerprint density at radius 1 is 1.00 bits per heavy atom. The standard InChI is InChI=1S/C12H13FN4/c1-6-3-8(13)4-7(2)11(6)9-5-10(14)17-12(15)16-9/h3-5H,1-2H3,(H4,14,15,16,17). The quantitative estimate of drug-likeness (QED) is 0.788. The van der Waals surface area contributed by atoms with Gasteiger partial charge in [0.05, 0.1) is 5.69 Å². The Labute approximate surface area is 98.5 Å². The van der Waals surface area contributed by atoms with Crippen LogP contribution in [0.3, 0.4) is 0 Å². The van der Waals surface area contributed by atoms with Gasteiger partial charge in [-0.1, -0.05) is 0 Å². The minimum absolute atomic E-state index is 0.114. The van der Waals surface area contributed by atoms with E-state index in [4.69, 9.17) is 11.5 Å². The van der Waals surface area contributed by atoms with Gasteiger partial charge in [-0.3, -0.25) is 0 Å². The van der Waals surface area contributed by atoms with Crippen molar-refractivity contribution in [3.8, 4) is 11.3 Å². The lowest BCUT2D eigenvalue weighted by molar-refractivity contribution is 0.625. The summed E-state index contributed by atoms with van der Waals surface area (Å²) in [5.74, 6) is 0.150. The number of nitrogens with zero attached hydrogens (tertiary/aromatic N) is 2. The number of halogens is 1. The summed E-state index contributed by atoms with van der Waals surface area (Å²) in [5.41, 5.74) is 14.2. The van der Waals surface area contributed by atoms with Crippen LogP contribution in [-0.4, -0.2) is 9.97 Å². The highest BCUT2D eigenvalue weighted by Crippen LogP contribution is 2.27. The molecule has 0 atom stereocenters. The number of benzene rings is 1. The number of nitrogen functional groups attached to an aromatic ring is 2. The first-order valence-electron chi connectivity index (χ1n) is 5.14. The number of anilines is 2. The van der Waals surface area contributed by atoms with Crippen LogP contribution in [0.1, 0.15) is 11.1 Å². The highest BCUT2D eigenvalue weighted by molar-refractivity contribution is 5.70. The highest BCUT2D eigenvalue weighted by Gasteiger charge is 2.10. The van der Waals surface area contributed by atoms with Crippen LogP contribution in [0.15, 0.2) is 18.2 Å². The number of hydrogen-bond acceptors (Lipinski definition) is 4. The lowest BCUT2D eigenvalue weighted by Gasteiger charge is -2.10. The zero-order valence-corrected chi connectivity index (χ0v) is 9.66. The second-order valence-electron chi connectivity index (χ2n) is 3.95. The third-order valence-electron chi connectivity index (χ3n) is 2.52. The average molecular weight is 232 g/mol. The first-order valence-corrected chi connectivity index (χ1v) is 5.14. The summed E-state index contributed by atoms with van der Waals surface area (Å²) in [6.07, 6.45) is 0. The van der Waals surface area contributed by atoms with E-state index in [-0.39, 0.29) is 11.8 Å². The number of aryl methyl sites for hydroxylation is 2. The van der Waals surface area contributed by atoms with Crippen LogP contribution in [0.25, 0.3) is 11.3 Å². The normalized spacial score (nSPS) is 10.5. The fraction of sp³-hybridized carbons (Fsp3) is 0.167. The van der Waals surface area contributed by atoms with E-state index >= 15 is 0 Å². The van der Waals surface area contributed by atoms with E-state index in [0.717, 1.165) is 16.7 Å². The van der Waals surface area contributed by atoms with Gasteiger partial charge in [0, 0.05) is 11.6 Å². The molecule has 5 heteroatoms. The van der Waals surface area contributed by atoms with Crippen LogP contribution in [-0.2, 0) is 0 Å².